The summed E-state index contributed by atoms with van der Waals surface area (Å²) in [7, 11) is 0. The normalized spacial score (nSPS) is 11.4. The van der Waals surface area contributed by atoms with Gasteiger partial charge in [-0.15, -0.1) is 0 Å². The van der Waals surface area contributed by atoms with E-state index >= 15 is 0 Å². The smallest absolute Gasteiger partial charge is 0.210 e. The van der Waals surface area contributed by atoms with Gasteiger partial charge in [-0.05, 0) is 53.6 Å². The minimum absolute atomic E-state index is 0.614. The standard InChI is InChI=1S/C12H19IN4/c1-3-4-8-15-12(17-14)16-11-7-5-6-10(13)9(11)2/h5-7H,3-4,8,14H2,1-2H3,(H2,15,16,17). The molecule has 0 radical (unpaired) electrons. The Kier molecular flexibility index (Phi) is 6.28. The SMILES string of the molecule is CCCCN=C(NN)Nc1cccc(I)c1C. The number of nitrogens with two attached hydrogens (primary N) is 1. The van der Waals surface area contributed by atoms with Gasteiger partial charge in [0.05, 0.1) is 0 Å². The third-order valence-electron chi connectivity index (χ3n) is 2.44. The van der Waals surface area contributed by atoms with Gasteiger partial charge in [0.1, 0.15) is 0 Å². The quantitative estimate of drug-likeness (QED) is 0.196. The van der Waals surface area contributed by atoms with Crippen LogP contribution in [0.1, 0.15) is 25.3 Å². The van der Waals surface area contributed by atoms with Crippen molar-refractivity contribution in [2.45, 2.75) is 26.7 Å². The van der Waals surface area contributed by atoms with Crippen molar-refractivity contribution in [1.82, 2.24) is 5.43 Å². The molecule has 0 amide bonds. The summed E-state index contributed by atoms with van der Waals surface area (Å²) in [6, 6.07) is 6.10. The van der Waals surface area contributed by atoms with E-state index < -0.39 is 0 Å². The van der Waals surface area contributed by atoms with E-state index in [0.29, 0.717) is 5.96 Å². The number of guanidine groups is 1. The van der Waals surface area contributed by atoms with Gasteiger partial charge in [0.25, 0.3) is 0 Å². The van der Waals surface area contributed by atoms with Gasteiger partial charge in [0.15, 0.2) is 0 Å². The molecule has 0 saturated carbocycles. The molecule has 0 aliphatic carbocycles. The van der Waals surface area contributed by atoms with Gasteiger partial charge in [-0.1, -0.05) is 19.4 Å². The average Bonchev–Trinajstić information content (AvgIpc) is 2.33. The van der Waals surface area contributed by atoms with Crippen molar-refractivity contribution < 1.29 is 0 Å². The molecular weight excluding hydrogens is 327 g/mol. The molecule has 0 spiro atoms. The summed E-state index contributed by atoms with van der Waals surface area (Å²) in [5.41, 5.74) is 4.83. The van der Waals surface area contributed by atoms with E-state index in [4.69, 9.17) is 5.84 Å². The molecule has 0 aliphatic rings. The lowest BCUT2D eigenvalue weighted by molar-refractivity contribution is 0.801. The summed E-state index contributed by atoms with van der Waals surface area (Å²) in [6.07, 6.45) is 2.20. The van der Waals surface area contributed by atoms with Crippen molar-refractivity contribution in [3.63, 3.8) is 0 Å². The molecule has 0 saturated heterocycles. The molecule has 94 valence electrons. The number of nitrogens with one attached hydrogen (secondary N) is 2. The zero-order valence-electron chi connectivity index (χ0n) is 10.3. The number of halogens is 1. The predicted molar refractivity (Wildman–Crippen MR) is 82.1 cm³/mol. The van der Waals surface area contributed by atoms with Crippen LogP contribution in [0.2, 0.25) is 0 Å². The Morgan fingerprint density at radius 2 is 2.24 bits per heavy atom. The number of nitrogens with zero attached hydrogens (tertiary/aromatic N) is 1. The first-order valence-corrected chi connectivity index (χ1v) is 6.80. The first kappa shape index (κ1) is 14.2. The van der Waals surface area contributed by atoms with Gasteiger partial charge in [0.2, 0.25) is 5.96 Å². The van der Waals surface area contributed by atoms with Gasteiger partial charge in [-0.25, -0.2) is 5.84 Å². The minimum Gasteiger partial charge on any atom is -0.325 e. The lowest BCUT2D eigenvalue weighted by Gasteiger charge is -2.12. The molecule has 1 aromatic rings. The minimum atomic E-state index is 0.614. The Balaban J connectivity index is 2.73. The van der Waals surface area contributed by atoms with Crippen LogP contribution in [0.4, 0.5) is 5.69 Å². The Hall–Kier alpha value is -0.820. The average molecular weight is 346 g/mol. The second-order valence-electron chi connectivity index (χ2n) is 3.77. The van der Waals surface area contributed by atoms with Crippen LogP contribution >= 0.6 is 22.6 Å². The van der Waals surface area contributed by atoms with Crippen LogP contribution in [0.25, 0.3) is 0 Å². The summed E-state index contributed by atoms with van der Waals surface area (Å²) < 4.78 is 1.22. The van der Waals surface area contributed by atoms with Crippen LogP contribution in [0, 0.1) is 10.5 Å². The van der Waals surface area contributed by atoms with Crippen LogP contribution < -0.4 is 16.6 Å². The molecule has 0 unspecified atom stereocenters. The molecule has 5 heteroatoms. The Morgan fingerprint density at radius 1 is 1.47 bits per heavy atom. The van der Waals surface area contributed by atoms with E-state index in [-0.39, 0.29) is 0 Å². The maximum absolute atomic E-state index is 5.45. The number of rotatable bonds is 4. The third kappa shape index (κ3) is 4.51. The van der Waals surface area contributed by atoms with E-state index in [0.717, 1.165) is 25.1 Å². The maximum Gasteiger partial charge on any atom is 0.210 e. The van der Waals surface area contributed by atoms with Crippen molar-refractivity contribution in [2.75, 3.05) is 11.9 Å². The van der Waals surface area contributed by atoms with Gasteiger partial charge in [-0.3, -0.25) is 10.4 Å². The fourth-order valence-corrected chi connectivity index (χ4v) is 1.84. The van der Waals surface area contributed by atoms with Gasteiger partial charge in [-0.2, -0.15) is 0 Å². The zero-order chi connectivity index (χ0) is 12.7. The fourth-order valence-electron chi connectivity index (χ4n) is 1.34. The Bertz CT molecular complexity index is 390. The van der Waals surface area contributed by atoms with Gasteiger partial charge >= 0.3 is 0 Å². The topological polar surface area (TPSA) is 62.4 Å². The lowest BCUT2D eigenvalue weighted by atomic mass is 10.2. The zero-order valence-corrected chi connectivity index (χ0v) is 12.4. The highest BCUT2D eigenvalue weighted by molar-refractivity contribution is 14.1. The molecule has 17 heavy (non-hydrogen) atoms. The number of hydrogen-bond acceptors (Lipinski definition) is 2. The Labute approximate surface area is 116 Å². The molecular formula is C12H19IN4. The summed E-state index contributed by atoms with van der Waals surface area (Å²) in [4.78, 5) is 4.36. The lowest BCUT2D eigenvalue weighted by Crippen LogP contribution is -2.36. The molecule has 0 aliphatic heterocycles. The predicted octanol–water partition coefficient (Wildman–Crippen LogP) is 2.63. The number of hydrogen-bond donors (Lipinski definition) is 3. The summed E-state index contributed by atoms with van der Waals surface area (Å²) in [5, 5.41) is 3.21. The second-order valence-corrected chi connectivity index (χ2v) is 4.93. The third-order valence-corrected chi connectivity index (χ3v) is 3.61. The van der Waals surface area contributed by atoms with Crippen LogP contribution in [0.15, 0.2) is 23.2 Å². The first-order chi connectivity index (χ1) is 8.19. The summed E-state index contributed by atoms with van der Waals surface area (Å²) in [6.45, 7) is 5.00. The number of hydrazine groups is 1. The van der Waals surface area contributed by atoms with Crippen molar-refractivity contribution in [1.29, 1.82) is 0 Å². The van der Waals surface area contributed by atoms with Crippen LogP contribution in [0.3, 0.4) is 0 Å². The monoisotopic (exact) mass is 346 g/mol. The van der Waals surface area contributed by atoms with Crippen molar-refractivity contribution in [2.24, 2.45) is 10.8 Å². The highest BCUT2D eigenvalue weighted by atomic mass is 127. The molecule has 1 aromatic carbocycles. The molecule has 4 N–H and O–H groups in total. The molecule has 0 bridgehead atoms. The van der Waals surface area contributed by atoms with E-state index in [1.54, 1.807) is 0 Å². The number of aliphatic imine (C=N–C) groups is 1. The first-order valence-electron chi connectivity index (χ1n) is 5.72. The van der Waals surface area contributed by atoms with Crippen molar-refractivity contribution >= 4 is 34.2 Å². The highest BCUT2D eigenvalue weighted by Gasteiger charge is 2.03. The Morgan fingerprint density at radius 3 is 2.88 bits per heavy atom. The van der Waals surface area contributed by atoms with Gasteiger partial charge < -0.3 is 5.32 Å². The molecule has 0 heterocycles. The molecule has 0 atom stereocenters. The second kappa shape index (κ2) is 7.50. The molecule has 0 fully saturated rings. The van der Waals surface area contributed by atoms with Crippen LogP contribution in [-0.4, -0.2) is 12.5 Å². The molecule has 4 nitrogen and oxygen atoms in total. The number of anilines is 1. The van der Waals surface area contributed by atoms with E-state index in [2.05, 4.69) is 58.2 Å². The molecule has 0 aromatic heterocycles. The van der Waals surface area contributed by atoms with Crippen molar-refractivity contribution in [3.8, 4) is 0 Å². The van der Waals surface area contributed by atoms with Crippen LogP contribution in [0.5, 0.6) is 0 Å². The summed E-state index contributed by atoms with van der Waals surface area (Å²) in [5.74, 6) is 6.06. The largest absolute Gasteiger partial charge is 0.325 e. The van der Waals surface area contributed by atoms with E-state index in [1.165, 1.54) is 9.13 Å². The summed E-state index contributed by atoms with van der Waals surface area (Å²) >= 11 is 2.31. The number of benzene rings is 1. The van der Waals surface area contributed by atoms with Crippen LogP contribution in [-0.2, 0) is 0 Å². The van der Waals surface area contributed by atoms with E-state index in [1.807, 2.05) is 12.1 Å². The van der Waals surface area contributed by atoms with Gasteiger partial charge in [0, 0.05) is 15.8 Å². The van der Waals surface area contributed by atoms with Crippen molar-refractivity contribution in [3.05, 3.63) is 27.3 Å². The highest BCUT2D eigenvalue weighted by Crippen LogP contribution is 2.19. The fraction of sp³-hybridized carbons (Fsp3) is 0.417. The van der Waals surface area contributed by atoms with E-state index in [9.17, 15) is 0 Å². The number of unbranched alkanes of at least 4 members (excludes halogenated alkanes) is 1. The maximum atomic E-state index is 5.45. The molecule has 1 rings (SSSR count).